The summed E-state index contributed by atoms with van der Waals surface area (Å²) in [5.41, 5.74) is 1.11. The Hall–Kier alpha value is -2.53. The van der Waals surface area contributed by atoms with Crippen molar-refractivity contribution in [2.24, 2.45) is 0 Å². The van der Waals surface area contributed by atoms with Crippen LogP contribution in [-0.2, 0) is 16.1 Å². The van der Waals surface area contributed by atoms with Crippen molar-refractivity contribution in [1.82, 2.24) is 5.32 Å². The Morgan fingerprint density at radius 1 is 1.00 bits per heavy atom. The number of benzene rings is 2. The maximum Gasteiger partial charge on any atom is 0.258 e. The predicted octanol–water partition coefficient (Wildman–Crippen LogP) is 2.80. The summed E-state index contributed by atoms with van der Waals surface area (Å²) in [4.78, 5) is 11.7. The van der Waals surface area contributed by atoms with Crippen molar-refractivity contribution >= 4 is 5.91 Å². The molecule has 1 atom stereocenters. The summed E-state index contributed by atoms with van der Waals surface area (Å²) in [6, 6.07) is 17.1. The van der Waals surface area contributed by atoms with Crippen LogP contribution in [0, 0.1) is 0 Å². The molecule has 0 aliphatic rings. The zero-order valence-corrected chi connectivity index (χ0v) is 14.0. The lowest BCUT2D eigenvalue weighted by molar-refractivity contribution is -0.124. The zero-order valence-electron chi connectivity index (χ0n) is 14.0. The summed E-state index contributed by atoms with van der Waals surface area (Å²) < 4.78 is 16.1. The molecule has 0 fully saturated rings. The van der Waals surface area contributed by atoms with Gasteiger partial charge in [0.15, 0.2) is 6.61 Å². The highest BCUT2D eigenvalue weighted by Crippen LogP contribution is 2.18. The number of hydrogen-bond acceptors (Lipinski definition) is 4. The van der Waals surface area contributed by atoms with E-state index in [0.29, 0.717) is 19.0 Å². The van der Waals surface area contributed by atoms with Crippen LogP contribution in [0.1, 0.15) is 12.5 Å². The molecule has 0 heterocycles. The van der Waals surface area contributed by atoms with Crippen LogP contribution >= 0.6 is 0 Å². The van der Waals surface area contributed by atoms with Crippen molar-refractivity contribution < 1.29 is 19.0 Å². The predicted molar refractivity (Wildman–Crippen MR) is 92.2 cm³/mol. The quantitative estimate of drug-likeness (QED) is 0.768. The first-order chi connectivity index (χ1) is 11.7. The molecule has 128 valence electrons. The fourth-order valence-corrected chi connectivity index (χ4v) is 2.13. The van der Waals surface area contributed by atoms with Crippen molar-refractivity contribution in [3.63, 3.8) is 0 Å². The van der Waals surface area contributed by atoms with Gasteiger partial charge in [-0.25, -0.2) is 0 Å². The van der Waals surface area contributed by atoms with Gasteiger partial charge in [0, 0.05) is 13.2 Å². The summed E-state index contributed by atoms with van der Waals surface area (Å²) in [6.07, 6.45) is 0. The lowest BCUT2D eigenvalue weighted by Gasteiger charge is -2.13. The monoisotopic (exact) mass is 329 g/mol. The minimum atomic E-state index is -0.177. The van der Waals surface area contributed by atoms with Crippen LogP contribution in [0.25, 0.3) is 0 Å². The molecule has 0 saturated heterocycles. The van der Waals surface area contributed by atoms with Gasteiger partial charge in [-0.1, -0.05) is 30.3 Å². The Morgan fingerprint density at radius 2 is 1.62 bits per heavy atom. The van der Waals surface area contributed by atoms with E-state index in [0.717, 1.165) is 11.3 Å². The highest BCUT2D eigenvalue weighted by molar-refractivity contribution is 5.77. The first kappa shape index (κ1) is 17.8. The molecule has 1 unspecified atom stereocenters. The van der Waals surface area contributed by atoms with E-state index >= 15 is 0 Å². The van der Waals surface area contributed by atoms with Gasteiger partial charge in [0.2, 0.25) is 0 Å². The summed E-state index contributed by atoms with van der Waals surface area (Å²) in [6.45, 7) is 2.83. The van der Waals surface area contributed by atoms with E-state index < -0.39 is 0 Å². The second-order valence-corrected chi connectivity index (χ2v) is 5.46. The third-order valence-electron chi connectivity index (χ3n) is 3.27. The van der Waals surface area contributed by atoms with Gasteiger partial charge in [0.05, 0.1) is 6.61 Å². The van der Waals surface area contributed by atoms with Crippen LogP contribution in [0.5, 0.6) is 11.5 Å². The van der Waals surface area contributed by atoms with Crippen molar-refractivity contribution in [1.29, 1.82) is 0 Å². The molecule has 0 radical (unpaired) electrons. The molecule has 0 aliphatic heterocycles. The number of rotatable bonds is 9. The molecule has 2 aromatic carbocycles. The lowest BCUT2D eigenvalue weighted by Crippen LogP contribution is -2.38. The summed E-state index contributed by atoms with van der Waals surface area (Å²) >= 11 is 0. The van der Waals surface area contributed by atoms with Gasteiger partial charge in [-0.15, -0.1) is 0 Å². The van der Waals surface area contributed by atoms with E-state index in [4.69, 9.17) is 14.2 Å². The van der Waals surface area contributed by atoms with Gasteiger partial charge >= 0.3 is 0 Å². The molecule has 0 aromatic heterocycles. The molecule has 0 saturated carbocycles. The number of amides is 1. The van der Waals surface area contributed by atoms with Crippen LogP contribution in [0.15, 0.2) is 54.6 Å². The van der Waals surface area contributed by atoms with E-state index in [2.05, 4.69) is 5.32 Å². The average Bonchev–Trinajstić information content (AvgIpc) is 2.60. The van der Waals surface area contributed by atoms with E-state index in [1.807, 2.05) is 49.4 Å². The molecular weight excluding hydrogens is 306 g/mol. The fourth-order valence-electron chi connectivity index (χ4n) is 2.13. The van der Waals surface area contributed by atoms with E-state index in [9.17, 15) is 4.79 Å². The zero-order chi connectivity index (χ0) is 17.2. The number of carbonyl (C=O) groups is 1. The van der Waals surface area contributed by atoms with Crippen molar-refractivity contribution in [3.05, 3.63) is 60.2 Å². The maximum absolute atomic E-state index is 11.7. The maximum atomic E-state index is 11.7. The lowest BCUT2D eigenvalue weighted by atomic mass is 10.2. The van der Waals surface area contributed by atoms with Gasteiger partial charge < -0.3 is 19.5 Å². The molecule has 5 heteroatoms. The van der Waals surface area contributed by atoms with Gasteiger partial charge in [-0.2, -0.15) is 0 Å². The summed E-state index contributed by atoms with van der Waals surface area (Å²) in [5.74, 6) is 1.20. The second-order valence-electron chi connectivity index (χ2n) is 5.46. The first-order valence-corrected chi connectivity index (χ1v) is 7.85. The molecule has 0 bridgehead atoms. The molecule has 0 aliphatic carbocycles. The average molecular weight is 329 g/mol. The van der Waals surface area contributed by atoms with E-state index in [1.165, 1.54) is 0 Å². The van der Waals surface area contributed by atoms with Crippen LogP contribution in [0.4, 0.5) is 0 Å². The molecule has 0 spiro atoms. The molecule has 2 rings (SSSR count). The van der Waals surface area contributed by atoms with Crippen LogP contribution in [0.3, 0.4) is 0 Å². The Kier molecular flexibility index (Phi) is 7.11. The third kappa shape index (κ3) is 6.30. The normalized spacial score (nSPS) is 11.6. The van der Waals surface area contributed by atoms with Crippen LogP contribution < -0.4 is 14.8 Å². The highest BCUT2D eigenvalue weighted by Gasteiger charge is 2.07. The first-order valence-electron chi connectivity index (χ1n) is 7.85. The smallest absolute Gasteiger partial charge is 0.258 e. The Morgan fingerprint density at radius 3 is 2.25 bits per heavy atom. The second kappa shape index (κ2) is 9.57. The third-order valence-corrected chi connectivity index (χ3v) is 3.27. The number of hydrogen-bond donors (Lipinski definition) is 1. The topological polar surface area (TPSA) is 56.8 Å². The number of nitrogens with one attached hydrogen (secondary N) is 1. The van der Waals surface area contributed by atoms with Gasteiger partial charge in [0.25, 0.3) is 5.91 Å². The molecule has 1 N–H and O–H groups in total. The summed E-state index contributed by atoms with van der Waals surface area (Å²) in [7, 11) is 1.60. The largest absolute Gasteiger partial charge is 0.489 e. The molecule has 24 heavy (non-hydrogen) atoms. The molecule has 1 amide bonds. The van der Waals surface area contributed by atoms with Crippen molar-refractivity contribution in [3.8, 4) is 11.5 Å². The molecule has 2 aromatic rings. The molecular formula is C19H23NO4. The highest BCUT2D eigenvalue weighted by atomic mass is 16.5. The number of carbonyl (C=O) groups excluding carboxylic acids is 1. The van der Waals surface area contributed by atoms with Crippen molar-refractivity contribution in [2.75, 3.05) is 20.3 Å². The number of ether oxygens (including phenoxy) is 3. The van der Waals surface area contributed by atoms with E-state index in [-0.39, 0.29) is 18.6 Å². The number of methoxy groups -OCH3 is 1. The fraction of sp³-hybridized carbons (Fsp3) is 0.316. The van der Waals surface area contributed by atoms with Crippen molar-refractivity contribution in [2.45, 2.75) is 19.6 Å². The van der Waals surface area contributed by atoms with Gasteiger partial charge in [0.1, 0.15) is 18.1 Å². The SMILES string of the molecule is COCC(C)NC(=O)COc1ccc(OCc2ccccc2)cc1. The Labute approximate surface area is 142 Å². The minimum Gasteiger partial charge on any atom is -0.489 e. The van der Waals surface area contributed by atoms with Crippen LogP contribution in [0.2, 0.25) is 0 Å². The Bertz CT molecular complexity index is 613. The standard InChI is InChI=1S/C19H23NO4/c1-15(12-22-2)20-19(21)14-24-18-10-8-17(9-11-18)23-13-16-6-4-3-5-7-16/h3-11,15H,12-14H2,1-2H3,(H,20,21). The minimum absolute atomic E-state index is 0.0295. The summed E-state index contributed by atoms with van der Waals surface area (Å²) in [5, 5.41) is 2.79. The molecule has 5 nitrogen and oxygen atoms in total. The Balaban J connectivity index is 1.74. The van der Waals surface area contributed by atoms with Gasteiger partial charge in [-0.05, 0) is 36.8 Å². The van der Waals surface area contributed by atoms with E-state index in [1.54, 1.807) is 19.2 Å². The van der Waals surface area contributed by atoms with Crippen LogP contribution in [-0.4, -0.2) is 32.3 Å². The van der Waals surface area contributed by atoms with Gasteiger partial charge in [-0.3, -0.25) is 4.79 Å².